The van der Waals surface area contributed by atoms with Crippen LogP contribution in [0.4, 0.5) is 0 Å². The van der Waals surface area contributed by atoms with Crippen molar-refractivity contribution in [2.24, 2.45) is 0 Å². The van der Waals surface area contributed by atoms with Gasteiger partial charge in [0.1, 0.15) is 6.04 Å². The number of carbonyl (C=O) groups excluding carboxylic acids is 3. The Morgan fingerprint density at radius 2 is 1.88 bits per heavy atom. The second-order valence-corrected chi connectivity index (χ2v) is 6.14. The Morgan fingerprint density at radius 1 is 1.17 bits per heavy atom. The van der Waals surface area contributed by atoms with E-state index in [-0.39, 0.29) is 4.88 Å². The van der Waals surface area contributed by atoms with Crippen LogP contribution in [-0.4, -0.2) is 47.3 Å². The summed E-state index contributed by atoms with van der Waals surface area (Å²) in [5, 5.41) is 13.4. The highest BCUT2D eigenvalue weighted by atomic mass is 32.1. The number of nitrogens with zero attached hydrogens (tertiary/aromatic N) is 1. The lowest BCUT2D eigenvalue weighted by Crippen LogP contribution is -2.50. The molecule has 1 aromatic carbocycles. The minimum absolute atomic E-state index is 0.286. The average Bonchev–Trinajstić information content (AvgIpc) is 3.13. The number of amides is 2. The zero-order chi connectivity index (χ0) is 17.5. The molecular weight excluding hydrogens is 328 g/mol. The van der Waals surface area contributed by atoms with Crippen molar-refractivity contribution in [1.82, 2.24) is 10.2 Å². The molecule has 0 saturated heterocycles. The van der Waals surface area contributed by atoms with E-state index in [0.29, 0.717) is 6.54 Å². The zero-order valence-corrected chi connectivity index (χ0v) is 14.0. The molecule has 1 aromatic heterocycles. The van der Waals surface area contributed by atoms with Gasteiger partial charge in [0.05, 0.1) is 11.5 Å². The predicted molar refractivity (Wildman–Crippen MR) is 90.6 cm³/mol. The van der Waals surface area contributed by atoms with Gasteiger partial charge in [0.2, 0.25) is 5.91 Å². The number of hydrogen-bond acceptors (Lipinski definition) is 5. The summed E-state index contributed by atoms with van der Waals surface area (Å²) in [5.41, 5.74) is 0.922. The lowest BCUT2D eigenvalue weighted by Gasteiger charge is -2.23. The van der Waals surface area contributed by atoms with Crippen LogP contribution in [0.15, 0.2) is 47.8 Å². The SMILES string of the molecule is CN(Cc1ccccc1)C(=O)[C@H](CO)NC(=O)C(=O)c1cccs1. The van der Waals surface area contributed by atoms with Gasteiger partial charge in [-0.05, 0) is 17.0 Å². The second kappa shape index (κ2) is 8.37. The third-order valence-corrected chi connectivity index (χ3v) is 4.24. The Labute approximate surface area is 143 Å². The van der Waals surface area contributed by atoms with E-state index < -0.39 is 30.2 Å². The molecule has 2 aromatic rings. The molecule has 24 heavy (non-hydrogen) atoms. The molecule has 0 aliphatic heterocycles. The third-order valence-electron chi connectivity index (χ3n) is 3.38. The van der Waals surface area contributed by atoms with Crippen molar-refractivity contribution in [3.05, 3.63) is 58.3 Å². The van der Waals surface area contributed by atoms with Crippen LogP contribution in [0, 0.1) is 0 Å². The van der Waals surface area contributed by atoms with Crippen molar-refractivity contribution in [2.45, 2.75) is 12.6 Å². The molecule has 0 aliphatic rings. The first-order chi connectivity index (χ1) is 11.5. The fraction of sp³-hybridized carbons (Fsp3) is 0.235. The first-order valence-corrected chi connectivity index (χ1v) is 8.19. The molecule has 2 N–H and O–H groups in total. The molecule has 0 unspecified atom stereocenters. The van der Waals surface area contributed by atoms with Crippen molar-refractivity contribution in [2.75, 3.05) is 13.7 Å². The lowest BCUT2D eigenvalue weighted by atomic mass is 10.2. The number of aliphatic hydroxyl groups excluding tert-OH is 1. The zero-order valence-electron chi connectivity index (χ0n) is 13.1. The van der Waals surface area contributed by atoms with Crippen LogP contribution in [0.25, 0.3) is 0 Å². The maximum Gasteiger partial charge on any atom is 0.293 e. The van der Waals surface area contributed by atoms with Gasteiger partial charge in [-0.1, -0.05) is 36.4 Å². The monoisotopic (exact) mass is 346 g/mol. The van der Waals surface area contributed by atoms with Gasteiger partial charge in [-0.2, -0.15) is 0 Å². The topological polar surface area (TPSA) is 86.7 Å². The van der Waals surface area contributed by atoms with Crippen molar-refractivity contribution < 1.29 is 19.5 Å². The Bertz CT molecular complexity index is 701. The highest BCUT2D eigenvalue weighted by molar-refractivity contribution is 7.13. The number of benzene rings is 1. The number of rotatable bonds is 7. The summed E-state index contributed by atoms with van der Waals surface area (Å²) in [6.45, 7) is -0.244. The van der Waals surface area contributed by atoms with Gasteiger partial charge < -0.3 is 15.3 Å². The van der Waals surface area contributed by atoms with Gasteiger partial charge in [-0.15, -0.1) is 11.3 Å². The van der Waals surface area contributed by atoms with Gasteiger partial charge in [0.15, 0.2) is 0 Å². The normalized spacial score (nSPS) is 11.6. The highest BCUT2D eigenvalue weighted by Gasteiger charge is 2.27. The largest absolute Gasteiger partial charge is 0.394 e. The lowest BCUT2D eigenvalue weighted by molar-refractivity contribution is -0.136. The first kappa shape index (κ1) is 17.8. The number of Topliss-reactive ketones (excluding diaryl/α,β-unsaturated/α-hetero) is 1. The molecule has 1 atom stereocenters. The average molecular weight is 346 g/mol. The molecule has 126 valence electrons. The molecule has 7 heteroatoms. The van der Waals surface area contributed by atoms with Gasteiger partial charge in [0.25, 0.3) is 11.7 Å². The summed E-state index contributed by atoms with van der Waals surface area (Å²) in [5.74, 6) is -2.09. The van der Waals surface area contributed by atoms with Crippen LogP contribution in [0.5, 0.6) is 0 Å². The molecule has 0 spiro atoms. The number of ketones is 1. The Hall–Kier alpha value is -2.51. The standard InChI is InChI=1S/C17H18N2O4S/c1-19(10-12-6-3-2-4-7-12)17(23)13(11-20)18-16(22)15(21)14-8-5-9-24-14/h2-9,13,20H,10-11H2,1H3,(H,18,22)/t13-/m0/s1. The van der Waals surface area contributed by atoms with Crippen LogP contribution in [0.2, 0.25) is 0 Å². The van der Waals surface area contributed by atoms with Crippen LogP contribution >= 0.6 is 11.3 Å². The minimum Gasteiger partial charge on any atom is -0.394 e. The van der Waals surface area contributed by atoms with Crippen molar-refractivity contribution in [1.29, 1.82) is 0 Å². The summed E-state index contributed by atoms with van der Waals surface area (Å²) in [6, 6.07) is 11.4. The van der Waals surface area contributed by atoms with Gasteiger partial charge in [-0.25, -0.2) is 0 Å². The van der Waals surface area contributed by atoms with Crippen LogP contribution in [0.3, 0.4) is 0 Å². The molecular formula is C17H18N2O4S. The quantitative estimate of drug-likeness (QED) is 0.580. The van der Waals surface area contributed by atoms with Gasteiger partial charge in [-0.3, -0.25) is 14.4 Å². The van der Waals surface area contributed by atoms with Crippen LogP contribution in [-0.2, 0) is 16.1 Å². The van der Waals surface area contributed by atoms with Crippen LogP contribution < -0.4 is 5.32 Å². The van der Waals surface area contributed by atoms with E-state index in [2.05, 4.69) is 5.32 Å². The number of carbonyl (C=O) groups is 3. The molecule has 0 bridgehead atoms. The van der Waals surface area contributed by atoms with Crippen molar-refractivity contribution in [3.63, 3.8) is 0 Å². The molecule has 6 nitrogen and oxygen atoms in total. The number of thiophene rings is 1. The van der Waals surface area contributed by atoms with E-state index in [1.165, 1.54) is 11.0 Å². The van der Waals surface area contributed by atoms with E-state index >= 15 is 0 Å². The van der Waals surface area contributed by atoms with Gasteiger partial charge >= 0.3 is 0 Å². The third kappa shape index (κ3) is 4.50. The highest BCUT2D eigenvalue weighted by Crippen LogP contribution is 2.10. The Balaban J connectivity index is 1.98. The summed E-state index contributed by atoms with van der Waals surface area (Å²) < 4.78 is 0. The van der Waals surface area contributed by atoms with Gasteiger partial charge in [0, 0.05) is 13.6 Å². The van der Waals surface area contributed by atoms with E-state index in [9.17, 15) is 19.5 Å². The summed E-state index contributed by atoms with van der Waals surface area (Å²) in [7, 11) is 1.57. The Morgan fingerprint density at radius 3 is 2.46 bits per heavy atom. The van der Waals surface area contributed by atoms with E-state index in [0.717, 1.165) is 16.9 Å². The minimum atomic E-state index is -1.16. The Kier molecular flexibility index (Phi) is 6.22. The number of hydrogen-bond donors (Lipinski definition) is 2. The maximum atomic E-state index is 12.4. The summed E-state index contributed by atoms with van der Waals surface area (Å²) in [6.07, 6.45) is 0. The molecule has 0 fully saturated rings. The smallest absolute Gasteiger partial charge is 0.293 e. The fourth-order valence-corrected chi connectivity index (χ4v) is 2.79. The molecule has 0 saturated carbocycles. The number of nitrogens with one attached hydrogen (secondary N) is 1. The molecule has 2 rings (SSSR count). The molecule has 2 amide bonds. The number of aliphatic hydroxyl groups is 1. The molecule has 1 heterocycles. The molecule has 0 radical (unpaired) electrons. The second-order valence-electron chi connectivity index (χ2n) is 5.19. The van der Waals surface area contributed by atoms with Crippen LogP contribution in [0.1, 0.15) is 15.2 Å². The summed E-state index contributed by atoms with van der Waals surface area (Å²) in [4.78, 5) is 37.9. The van der Waals surface area contributed by atoms with Crippen molar-refractivity contribution >= 4 is 28.9 Å². The van der Waals surface area contributed by atoms with E-state index in [1.54, 1.807) is 18.5 Å². The maximum absolute atomic E-state index is 12.4. The van der Waals surface area contributed by atoms with Crippen molar-refractivity contribution in [3.8, 4) is 0 Å². The predicted octanol–water partition coefficient (Wildman–Crippen LogP) is 1.07. The van der Waals surface area contributed by atoms with E-state index in [1.807, 2.05) is 30.3 Å². The number of likely N-dealkylation sites (N-methyl/N-ethyl adjacent to an activating group) is 1. The first-order valence-electron chi connectivity index (χ1n) is 7.31. The fourth-order valence-electron chi connectivity index (χ4n) is 2.13. The van der Waals surface area contributed by atoms with E-state index in [4.69, 9.17) is 0 Å². The summed E-state index contributed by atoms with van der Waals surface area (Å²) >= 11 is 1.14. The molecule has 0 aliphatic carbocycles.